The van der Waals surface area contributed by atoms with E-state index >= 15 is 0 Å². The fraction of sp³-hybridized carbons (Fsp3) is 0.429. The lowest BCUT2D eigenvalue weighted by atomic mass is 10.3. The number of nitro groups is 2. The molecule has 3 heterocycles. The average Bonchev–Trinajstić information content (AvgIpc) is 3.04. The second-order valence-corrected chi connectivity index (χ2v) is 6.93. The molecule has 2 N–H and O–H groups in total. The number of pyridine rings is 1. The SMILES string of the molecule is O=[N+]([O-])/C=C1/NCCCS1.O=[N+]([O-])/N=C1\NCCN1Cc1ccc(Cl)nc1. The van der Waals surface area contributed by atoms with E-state index in [2.05, 4.69) is 20.7 Å². The monoisotopic (exact) mass is 415 g/mol. The third kappa shape index (κ3) is 7.66. The van der Waals surface area contributed by atoms with Crippen molar-refractivity contribution in [1.29, 1.82) is 0 Å². The van der Waals surface area contributed by atoms with Crippen LogP contribution in [-0.4, -0.2) is 51.2 Å². The van der Waals surface area contributed by atoms with E-state index in [1.807, 2.05) is 6.07 Å². The van der Waals surface area contributed by atoms with Crippen molar-refractivity contribution in [2.75, 3.05) is 25.4 Å². The molecule has 2 fully saturated rings. The molecular formula is C14H18ClN7O4S. The summed E-state index contributed by atoms with van der Waals surface area (Å²) in [6, 6.07) is 3.52. The van der Waals surface area contributed by atoms with Gasteiger partial charge in [0.1, 0.15) is 15.3 Å². The molecule has 11 nitrogen and oxygen atoms in total. The zero-order valence-corrected chi connectivity index (χ0v) is 15.8. The van der Waals surface area contributed by atoms with Crippen molar-refractivity contribution in [3.63, 3.8) is 0 Å². The summed E-state index contributed by atoms with van der Waals surface area (Å²) in [6.07, 6.45) is 3.74. The van der Waals surface area contributed by atoms with Crippen LogP contribution in [0.2, 0.25) is 5.15 Å². The van der Waals surface area contributed by atoms with Gasteiger partial charge < -0.3 is 15.5 Å². The Morgan fingerprint density at radius 1 is 1.33 bits per heavy atom. The van der Waals surface area contributed by atoms with Crippen LogP contribution in [0.3, 0.4) is 0 Å². The van der Waals surface area contributed by atoms with Gasteiger partial charge in [-0.05, 0) is 18.1 Å². The zero-order chi connectivity index (χ0) is 19.6. The molecule has 2 saturated heterocycles. The van der Waals surface area contributed by atoms with Gasteiger partial charge in [0.2, 0.25) is 0 Å². The van der Waals surface area contributed by atoms with Crippen LogP contribution in [0.1, 0.15) is 12.0 Å². The third-order valence-electron chi connectivity index (χ3n) is 3.40. The van der Waals surface area contributed by atoms with E-state index in [0.717, 1.165) is 30.5 Å². The van der Waals surface area contributed by atoms with Crippen molar-refractivity contribution in [2.45, 2.75) is 13.0 Å². The molecule has 0 spiro atoms. The molecule has 0 atom stereocenters. The molecule has 0 aromatic carbocycles. The summed E-state index contributed by atoms with van der Waals surface area (Å²) >= 11 is 7.18. The topological polar surface area (TPSA) is 139 Å². The second kappa shape index (κ2) is 10.5. The van der Waals surface area contributed by atoms with Crippen molar-refractivity contribution in [3.8, 4) is 0 Å². The van der Waals surface area contributed by atoms with Crippen molar-refractivity contribution >= 4 is 29.3 Å². The maximum absolute atomic E-state index is 10.3. The Kier molecular flexibility index (Phi) is 8.07. The molecule has 0 amide bonds. The van der Waals surface area contributed by atoms with E-state index in [-0.39, 0.29) is 5.96 Å². The molecule has 1 aromatic heterocycles. The number of hydrogen-bond acceptors (Lipinski definition) is 7. The number of rotatable bonds is 4. The largest absolute Gasteiger partial charge is 0.375 e. The van der Waals surface area contributed by atoms with Gasteiger partial charge in [-0.3, -0.25) is 10.1 Å². The number of hydrogen-bond donors (Lipinski definition) is 2. The molecule has 146 valence electrons. The second-order valence-electron chi connectivity index (χ2n) is 5.41. The van der Waals surface area contributed by atoms with Crippen molar-refractivity contribution in [2.24, 2.45) is 5.10 Å². The molecule has 2 aliphatic rings. The highest BCUT2D eigenvalue weighted by molar-refractivity contribution is 8.03. The van der Waals surface area contributed by atoms with Crippen LogP contribution < -0.4 is 10.6 Å². The molecule has 13 heteroatoms. The Labute approximate surface area is 164 Å². The molecule has 0 unspecified atom stereocenters. The summed E-state index contributed by atoms with van der Waals surface area (Å²) in [7, 11) is 0. The van der Waals surface area contributed by atoms with Crippen molar-refractivity contribution in [3.05, 3.63) is 60.5 Å². The normalized spacial score (nSPS) is 19.1. The third-order valence-corrected chi connectivity index (χ3v) is 4.68. The molecule has 0 aliphatic carbocycles. The lowest BCUT2D eigenvalue weighted by Gasteiger charge is -2.14. The minimum absolute atomic E-state index is 0.282. The molecule has 0 saturated carbocycles. The first-order valence-electron chi connectivity index (χ1n) is 7.98. The Balaban J connectivity index is 0.000000223. The molecule has 27 heavy (non-hydrogen) atoms. The summed E-state index contributed by atoms with van der Waals surface area (Å²) in [5.41, 5.74) is 0.925. The first kappa shape index (κ1) is 20.7. The number of nitrogens with zero attached hydrogens (tertiary/aromatic N) is 5. The molecule has 1 aromatic rings. The zero-order valence-electron chi connectivity index (χ0n) is 14.2. The van der Waals surface area contributed by atoms with Crippen LogP contribution in [-0.2, 0) is 6.54 Å². The molecule has 0 radical (unpaired) electrons. The maximum Gasteiger partial charge on any atom is 0.271 e. The molecule has 0 bridgehead atoms. The molecular weight excluding hydrogens is 398 g/mol. The fourth-order valence-electron chi connectivity index (χ4n) is 2.27. The number of halogens is 1. The minimum atomic E-state index is -0.708. The highest BCUT2D eigenvalue weighted by Gasteiger charge is 2.21. The van der Waals surface area contributed by atoms with Gasteiger partial charge in [-0.25, -0.2) is 15.1 Å². The first-order chi connectivity index (χ1) is 12.9. The van der Waals surface area contributed by atoms with E-state index in [4.69, 9.17) is 11.6 Å². The Morgan fingerprint density at radius 2 is 2.15 bits per heavy atom. The highest BCUT2D eigenvalue weighted by atomic mass is 35.5. The fourth-order valence-corrected chi connectivity index (χ4v) is 3.25. The van der Waals surface area contributed by atoms with E-state index in [1.165, 1.54) is 11.8 Å². The minimum Gasteiger partial charge on any atom is -0.375 e. The quantitative estimate of drug-likeness (QED) is 0.425. The summed E-state index contributed by atoms with van der Waals surface area (Å²) < 4.78 is 0. The predicted octanol–water partition coefficient (Wildman–Crippen LogP) is 1.48. The number of guanidine groups is 1. The van der Waals surface area contributed by atoms with Crippen LogP contribution in [0.15, 0.2) is 34.7 Å². The number of hydrazone groups is 1. The number of nitrogens with one attached hydrogen (secondary N) is 2. The standard InChI is InChI=1S/C9H10ClN5O2.C5H8N2O2S/c10-8-2-1-7(5-12-8)6-14-4-3-11-9(14)13-15(16)17;8-7(9)4-5-6-2-1-3-10-5/h1-2,5H,3-4,6H2,(H,11,13);4,6H,1-3H2/b;5-4-. The van der Waals surface area contributed by atoms with Gasteiger partial charge in [0.15, 0.2) is 5.03 Å². The van der Waals surface area contributed by atoms with Crippen molar-refractivity contribution in [1.82, 2.24) is 20.5 Å². The van der Waals surface area contributed by atoms with E-state index in [0.29, 0.717) is 29.8 Å². The Hall–Kier alpha value is -2.60. The van der Waals surface area contributed by atoms with Crippen LogP contribution >= 0.6 is 23.4 Å². The lowest BCUT2D eigenvalue weighted by Crippen LogP contribution is -2.30. The van der Waals surface area contributed by atoms with E-state index in [1.54, 1.807) is 17.2 Å². The van der Waals surface area contributed by atoms with Crippen LogP contribution in [0.25, 0.3) is 0 Å². The smallest absolute Gasteiger partial charge is 0.271 e. The van der Waals surface area contributed by atoms with Gasteiger partial charge in [0.05, 0.1) is 4.92 Å². The van der Waals surface area contributed by atoms with Gasteiger partial charge in [-0.2, -0.15) is 0 Å². The average molecular weight is 416 g/mol. The predicted molar refractivity (Wildman–Crippen MR) is 102 cm³/mol. The van der Waals surface area contributed by atoms with Crippen molar-refractivity contribution < 1.29 is 9.96 Å². The van der Waals surface area contributed by atoms with Gasteiger partial charge in [0, 0.05) is 38.1 Å². The Bertz CT molecular complexity index is 721. The lowest BCUT2D eigenvalue weighted by molar-refractivity contribution is -0.485. The van der Waals surface area contributed by atoms with Gasteiger partial charge in [-0.1, -0.05) is 17.7 Å². The van der Waals surface area contributed by atoms with Gasteiger partial charge >= 0.3 is 0 Å². The molecule has 3 rings (SSSR count). The van der Waals surface area contributed by atoms with E-state index < -0.39 is 9.96 Å². The summed E-state index contributed by atoms with van der Waals surface area (Å²) in [5.74, 6) is 1.26. The van der Waals surface area contributed by atoms with Crippen LogP contribution in [0.4, 0.5) is 0 Å². The van der Waals surface area contributed by atoms with Crippen LogP contribution in [0.5, 0.6) is 0 Å². The summed E-state index contributed by atoms with van der Waals surface area (Å²) in [5, 5.41) is 29.7. The molecule has 2 aliphatic heterocycles. The summed E-state index contributed by atoms with van der Waals surface area (Å²) in [6.45, 7) is 2.69. The van der Waals surface area contributed by atoms with E-state index in [9.17, 15) is 20.2 Å². The Morgan fingerprint density at radius 3 is 2.74 bits per heavy atom. The van der Waals surface area contributed by atoms with Crippen LogP contribution in [0, 0.1) is 20.2 Å². The van der Waals surface area contributed by atoms with Gasteiger partial charge in [0.25, 0.3) is 12.2 Å². The van der Waals surface area contributed by atoms with Gasteiger partial charge in [-0.15, -0.1) is 11.8 Å². The highest BCUT2D eigenvalue weighted by Crippen LogP contribution is 2.17. The number of thioether (sulfide) groups is 1. The summed E-state index contributed by atoms with van der Waals surface area (Å²) in [4.78, 5) is 25.6. The maximum atomic E-state index is 10.3. The first-order valence-corrected chi connectivity index (χ1v) is 9.34. The number of aromatic nitrogens is 1.